The van der Waals surface area contributed by atoms with Crippen LogP contribution in [0.25, 0.3) is 10.9 Å². The van der Waals surface area contributed by atoms with Crippen molar-refractivity contribution in [3.05, 3.63) is 64.8 Å². The van der Waals surface area contributed by atoms with E-state index in [-0.39, 0.29) is 17.6 Å². The van der Waals surface area contributed by atoms with Crippen LogP contribution in [0.3, 0.4) is 0 Å². The molecule has 0 radical (unpaired) electrons. The van der Waals surface area contributed by atoms with E-state index in [1.165, 1.54) is 13.8 Å². The van der Waals surface area contributed by atoms with Crippen molar-refractivity contribution in [3.8, 4) is 11.8 Å². The van der Waals surface area contributed by atoms with Crippen LogP contribution in [0, 0.1) is 18.8 Å². The lowest BCUT2D eigenvalue weighted by Gasteiger charge is -2.03. The quantitative estimate of drug-likeness (QED) is 0.529. The minimum atomic E-state index is -0.221. The topological polar surface area (TPSA) is 72.0 Å². The molecule has 3 aromatic rings. The second kappa shape index (κ2) is 9.43. The molecule has 0 fully saturated rings. The molecule has 3 rings (SSSR count). The van der Waals surface area contributed by atoms with Crippen molar-refractivity contribution in [1.29, 1.82) is 0 Å². The lowest BCUT2D eigenvalue weighted by Crippen LogP contribution is -2.08. The van der Waals surface area contributed by atoms with Crippen molar-refractivity contribution >= 4 is 28.5 Å². The molecule has 0 saturated heterocycles. The smallest absolute Gasteiger partial charge is 0.229 e. The summed E-state index contributed by atoms with van der Waals surface area (Å²) in [5, 5.41) is 3.43. The van der Waals surface area contributed by atoms with Crippen LogP contribution in [0.15, 0.2) is 42.6 Å². The molecule has 28 heavy (non-hydrogen) atoms. The van der Waals surface area contributed by atoms with Gasteiger partial charge in [-0.1, -0.05) is 43.9 Å². The Kier molecular flexibility index (Phi) is 7.00. The number of Topliss-reactive ketones (excluding diaryl/α,β-unsaturated/α-hetero) is 1. The second-order valence-corrected chi connectivity index (χ2v) is 5.98. The first-order chi connectivity index (χ1) is 13.4. The summed E-state index contributed by atoms with van der Waals surface area (Å²) in [6, 6.07) is 11.1. The van der Waals surface area contributed by atoms with Crippen LogP contribution in [0.1, 0.15) is 54.7 Å². The number of nitrogens with zero attached hydrogens (tertiary/aromatic N) is 2. The van der Waals surface area contributed by atoms with Gasteiger partial charge in [-0.15, -0.1) is 0 Å². The standard InChI is InChI=1S/C21H17N3O2.C2H6/c1-13-4-7-18(14(2)25)11-17(13)8-5-16-6-9-19-12-22-21(23-15(3)26)24-20(19)10-16;1-2/h4,6-7,9-12H,1-3H3,(H,22,23,24,26);1-2H3. The number of aryl methyl sites for hydroxylation is 1. The fraction of sp³-hybridized carbons (Fsp3) is 0.217. The van der Waals surface area contributed by atoms with Crippen LogP contribution in [-0.4, -0.2) is 21.7 Å². The van der Waals surface area contributed by atoms with Crippen molar-refractivity contribution < 1.29 is 9.59 Å². The first-order valence-electron chi connectivity index (χ1n) is 9.10. The van der Waals surface area contributed by atoms with E-state index in [4.69, 9.17) is 0 Å². The molecule has 1 heterocycles. The Bertz CT molecular complexity index is 1090. The zero-order valence-electron chi connectivity index (χ0n) is 16.8. The Morgan fingerprint density at radius 3 is 2.43 bits per heavy atom. The third-order valence-corrected chi connectivity index (χ3v) is 3.86. The molecule has 1 aromatic heterocycles. The first kappa shape index (κ1) is 20.8. The predicted molar refractivity (Wildman–Crippen MR) is 112 cm³/mol. The van der Waals surface area contributed by atoms with Gasteiger partial charge in [0.25, 0.3) is 0 Å². The Balaban J connectivity index is 0.00000136. The van der Waals surface area contributed by atoms with E-state index in [1.54, 1.807) is 12.3 Å². The van der Waals surface area contributed by atoms with Crippen molar-refractivity contribution in [2.24, 2.45) is 0 Å². The van der Waals surface area contributed by atoms with E-state index in [1.807, 2.05) is 51.1 Å². The molecule has 2 aromatic carbocycles. The maximum Gasteiger partial charge on any atom is 0.229 e. The fourth-order valence-corrected chi connectivity index (χ4v) is 2.43. The average molecular weight is 373 g/mol. The summed E-state index contributed by atoms with van der Waals surface area (Å²) in [5.41, 5.74) is 3.96. The monoisotopic (exact) mass is 373 g/mol. The van der Waals surface area contributed by atoms with E-state index in [9.17, 15) is 9.59 Å². The summed E-state index contributed by atoms with van der Waals surface area (Å²) in [7, 11) is 0. The van der Waals surface area contributed by atoms with Gasteiger partial charge in [0.1, 0.15) is 0 Å². The number of aromatic nitrogens is 2. The van der Waals surface area contributed by atoms with Crippen LogP contribution < -0.4 is 5.32 Å². The predicted octanol–water partition coefficient (Wildman–Crippen LogP) is 4.53. The Morgan fingerprint density at radius 2 is 1.75 bits per heavy atom. The number of hydrogen-bond donors (Lipinski definition) is 1. The van der Waals surface area contributed by atoms with Crippen LogP contribution >= 0.6 is 0 Å². The molecule has 1 amide bonds. The van der Waals surface area contributed by atoms with Crippen molar-refractivity contribution in [2.45, 2.75) is 34.6 Å². The first-order valence-corrected chi connectivity index (χ1v) is 9.10. The lowest BCUT2D eigenvalue weighted by molar-refractivity contribution is -0.114. The number of benzene rings is 2. The molecule has 0 unspecified atom stereocenters. The zero-order chi connectivity index (χ0) is 20.7. The van der Waals surface area contributed by atoms with Crippen LogP contribution in [-0.2, 0) is 4.79 Å². The Labute approximate surface area is 165 Å². The molecular formula is C23H23N3O2. The van der Waals surface area contributed by atoms with E-state index in [0.29, 0.717) is 11.1 Å². The Hall–Kier alpha value is -3.52. The van der Waals surface area contributed by atoms with Gasteiger partial charge >= 0.3 is 0 Å². The average Bonchev–Trinajstić information content (AvgIpc) is 2.68. The van der Waals surface area contributed by atoms with Gasteiger partial charge in [-0.2, -0.15) is 0 Å². The molecule has 0 bridgehead atoms. The van der Waals surface area contributed by atoms with Gasteiger partial charge in [-0.05, 0) is 37.6 Å². The normalized spacial score (nSPS) is 9.61. The third kappa shape index (κ3) is 5.24. The van der Waals surface area contributed by atoms with E-state index >= 15 is 0 Å². The van der Waals surface area contributed by atoms with E-state index in [2.05, 4.69) is 27.1 Å². The van der Waals surface area contributed by atoms with Gasteiger partial charge in [-0.25, -0.2) is 9.97 Å². The molecular weight excluding hydrogens is 350 g/mol. The molecule has 1 N–H and O–H groups in total. The molecule has 0 aliphatic rings. The second-order valence-electron chi connectivity index (χ2n) is 5.98. The van der Waals surface area contributed by atoms with Crippen molar-refractivity contribution in [1.82, 2.24) is 9.97 Å². The molecule has 0 aliphatic carbocycles. The summed E-state index contributed by atoms with van der Waals surface area (Å²) in [5.74, 6) is 6.29. The van der Waals surface area contributed by atoms with Crippen LogP contribution in [0.4, 0.5) is 5.95 Å². The number of fused-ring (bicyclic) bond motifs is 1. The Morgan fingerprint density at radius 1 is 1.00 bits per heavy atom. The maximum absolute atomic E-state index is 11.5. The number of anilines is 1. The summed E-state index contributed by atoms with van der Waals surface area (Å²) in [6.45, 7) is 8.91. The van der Waals surface area contributed by atoms with Gasteiger partial charge in [0.05, 0.1) is 5.52 Å². The van der Waals surface area contributed by atoms with E-state index in [0.717, 1.165) is 22.1 Å². The maximum atomic E-state index is 11.5. The molecule has 5 nitrogen and oxygen atoms in total. The van der Waals surface area contributed by atoms with Crippen LogP contribution in [0.2, 0.25) is 0 Å². The molecule has 0 spiro atoms. The van der Waals surface area contributed by atoms with Gasteiger partial charge in [0, 0.05) is 35.2 Å². The number of rotatable bonds is 2. The minimum absolute atomic E-state index is 0.0148. The van der Waals surface area contributed by atoms with Gasteiger partial charge in [0.15, 0.2) is 5.78 Å². The van der Waals surface area contributed by atoms with Crippen LogP contribution in [0.5, 0.6) is 0 Å². The van der Waals surface area contributed by atoms with Crippen molar-refractivity contribution in [3.63, 3.8) is 0 Å². The van der Waals surface area contributed by atoms with Crippen molar-refractivity contribution in [2.75, 3.05) is 5.32 Å². The highest BCUT2D eigenvalue weighted by molar-refractivity contribution is 5.94. The zero-order valence-corrected chi connectivity index (χ0v) is 16.8. The molecule has 142 valence electrons. The fourth-order valence-electron chi connectivity index (χ4n) is 2.43. The molecule has 0 aliphatic heterocycles. The number of carbonyl (C=O) groups is 2. The highest BCUT2D eigenvalue weighted by atomic mass is 16.1. The highest BCUT2D eigenvalue weighted by Gasteiger charge is 2.04. The minimum Gasteiger partial charge on any atom is -0.295 e. The van der Waals surface area contributed by atoms with Gasteiger partial charge in [0.2, 0.25) is 11.9 Å². The number of ketones is 1. The number of amides is 1. The SMILES string of the molecule is CC.CC(=O)Nc1ncc2ccc(C#Cc3cc(C(C)=O)ccc3C)cc2n1. The lowest BCUT2D eigenvalue weighted by atomic mass is 10.0. The van der Waals surface area contributed by atoms with Gasteiger partial charge in [-0.3, -0.25) is 14.9 Å². The number of carbonyl (C=O) groups excluding carboxylic acids is 2. The number of nitrogens with one attached hydrogen (secondary N) is 1. The van der Waals surface area contributed by atoms with E-state index < -0.39 is 0 Å². The summed E-state index contributed by atoms with van der Waals surface area (Å²) in [4.78, 5) is 31.1. The summed E-state index contributed by atoms with van der Waals surface area (Å²) < 4.78 is 0. The largest absolute Gasteiger partial charge is 0.295 e. The molecule has 0 saturated carbocycles. The highest BCUT2D eigenvalue weighted by Crippen LogP contribution is 2.15. The summed E-state index contributed by atoms with van der Waals surface area (Å²) in [6.07, 6.45) is 1.66. The van der Waals surface area contributed by atoms with Gasteiger partial charge < -0.3 is 0 Å². The number of hydrogen-bond acceptors (Lipinski definition) is 4. The summed E-state index contributed by atoms with van der Waals surface area (Å²) >= 11 is 0. The molecule has 5 heteroatoms. The third-order valence-electron chi connectivity index (χ3n) is 3.86. The molecule has 0 atom stereocenters.